The van der Waals surface area contributed by atoms with Crippen molar-refractivity contribution in [2.75, 3.05) is 0 Å². The summed E-state index contributed by atoms with van der Waals surface area (Å²) in [7, 11) is 0. The minimum Gasteiger partial charge on any atom is -0.323 e. The van der Waals surface area contributed by atoms with E-state index in [0.717, 1.165) is 18.2 Å². The molecule has 0 amide bonds. The monoisotopic (exact) mass is 262 g/mol. The van der Waals surface area contributed by atoms with Gasteiger partial charge in [0.05, 0.1) is 4.92 Å². The predicted octanol–water partition coefficient (Wildman–Crippen LogP) is 3.20. The maximum Gasteiger partial charge on any atom is 0.274 e. The van der Waals surface area contributed by atoms with E-state index in [1.165, 1.54) is 0 Å². The van der Waals surface area contributed by atoms with Crippen molar-refractivity contribution in [1.29, 1.82) is 0 Å². The number of benzene rings is 1. The molecule has 1 atom stereocenters. The topological polar surface area (TPSA) is 69.2 Å². The first kappa shape index (κ1) is 15.8. The Hall–Kier alpha value is -1.20. The van der Waals surface area contributed by atoms with Crippen LogP contribution in [0.1, 0.15) is 32.4 Å². The Morgan fingerprint density at radius 2 is 1.94 bits per heavy atom. The maximum atomic E-state index is 13.1. The Morgan fingerprint density at radius 3 is 2.35 bits per heavy atom. The van der Waals surface area contributed by atoms with Crippen molar-refractivity contribution in [3.63, 3.8) is 0 Å². The second kappa shape index (κ2) is 5.42. The van der Waals surface area contributed by atoms with Gasteiger partial charge in [-0.05, 0) is 17.5 Å². The number of nitrogens with zero attached hydrogens (tertiary/aromatic N) is 1. The number of hydrogen-bond acceptors (Lipinski definition) is 3. The van der Waals surface area contributed by atoms with Crippen molar-refractivity contribution in [1.82, 2.24) is 0 Å². The summed E-state index contributed by atoms with van der Waals surface area (Å²) in [5.41, 5.74) is 5.64. The fourth-order valence-electron chi connectivity index (χ4n) is 1.41. The Morgan fingerprint density at radius 1 is 1.41 bits per heavy atom. The molecular formula is C11H16ClFN2O2. The molecule has 0 fully saturated rings. The van der Waals surface area contributed by atoms with Crippen molar-refractivity contribution in [2.24, 2.45) is 11.1 Å². The largest absolute Gasteiger partial charge is 0.323 e. The molecule has 96 valence electrons. The fourth-order valence-corrected chi connectivity index (χ4v) is 1.41. The number of nitrogens with two attached hydrogens (primary N) is 1. The highest BCUT2D eigenvalue weighted by Crippen LogP contribution is 2.35. The van der Waals surface area contributed by atoms with Crippen molar-refractivity contribution >= 4 is 18.1 Å². The minimum atomic E-state index is -0.580. The Balaban J connectivity index is 0.00000256. The van der Waals surface area contributed by atoms with Gasteiger partial charge in [0.25, 0.3) is 5.69 Å². The average molecular weight is 263 g/mol. The molecule has 0 aliphatic carbocycles. The van der Waals surface area contributed by atoms with Gasteiger partial charge in [-0.25, -0.2) is 4.39 Å². The second-order valence-corrected chi connectivity index (χ2v) is 4.80. The van der Waals surface area contributed by atoms with Crippen LogP contribution in [0.25, 0.3) is 0 Å². The fraction of sp³-hybridized carbons (Fsp3) is 0.455. The summed E-state index contributed by atoms with van der Waals surface area (Å²) in [6, 6.07) is 2.77. The van der Waals surface area contributed by atoms with Gasteiger partial charge in [-0.15, -0.1) is 12.4 Å². The van der Waals surface area contributed by atoms with Crippen molar-refractivity contribution in [2.45, 2.75) is 26.8 Å². The summed E-state index contributed by atoms with van der Waals surface area (Å²) >= 11 is 0. The Bertz CT molecular complexity index is 418. The molecule has 4 nitrogen and oxygen atoms in total. The molecule has 0 spiro atoms. The number of nitro benzene ring substituents is 1. The molecule has 2 N–H and O–H groups in total. The standard InChI is InChI=1S/C11H15FN2O2.ClH/c1-11(2,3)10(13)8-6-7(12)4-5-9(8)14(15)16;/h4-6,10H,13H2,1-3H3;1H/t10-;/m0./s1. The molecule has 1 aromatic rings. The molecule has 1 aromatic carbocycles. The Kier molecular flexibility index (Phi) is 5.04. The lowest BCUT2D eigenvalue weighted by Crippen LogP contribution is -2.27. The minimum absolute atomic E-state index is 0. The van der Waals surface area contributed by atoms with Crippen LogP contribution in [0.4, 0.5) is 10.1 Å². The first-order chi connectivity index (χ1) is 7.23. The summed E-state index contributed by atoms with van der Waals surface area (Å²) in [4.78, 5) is 10.3. The first-order valence-electron chi connectivity index (χ1n) is 4.93. The van der Waals surface area contributed by atoms with Crippen LogP contribution in [0.2, 0.25) is 0 Å². The average Bonchev–Trinajstić information content (AvgIpc) is 2.14. The number of halogens is 2. The molecule has 0 saturated carbocycles. The van der Waals surface area contributed by atoms with Crippen LogP contribution in [0, 0.1) is 21.3 Å². The van der Waals surface area contributed by atoms with Gasteiger partial charge >= 0.3 is 0 Å². The van der Waals surface area contributed by atoms with Crippen LogP contribution in [-0.4, -0.2) is 4.92 Å². The number of nitro groups is 1. The third kappa shape index (κ3) is 3.64. The third-order valence-electron chi connectivity index (χ3n) is 2.45. The molecule has 6 heteroatoms. The summed E-state index contributed by atoms with van der Waals surface area (Å²) in [6.45, 7) is 5.56. The first-order valence-corrected chi connectivity index (χ1v) is 4.93. The van der Waals surface area contributed by atoms with Gasteiger partial charge in [-0.3, -0.25) is 10.1 Å². The smallest absolute Gasteiger partial charge is 0.274 e. The summed E-state index contributed by atoms with van der Waals surface area (Å²) < 4.78 is 13.1. The van der Waals surface area contributed by atoms with E-state index in [1.54, 1.807) is 0 Å². The molecular weight excluding hydrogens is 247 g/mol. The van der Waals surface area contributed by atoms with Gasteiger partial charge in [0.15, 0.2) is 0 Å². The van der Waals surface area contributed by atoms with E-state index in [1.807, 2.05) is 20.8 Å². The highest BCUT2D eigenvalue weighted by molar-refractivity contribution is 5.85. The van der Waals surface area contributed by atoms with Crippen LogP contribution < -0.4 is 5.73 Å². The number of hydrogen-bond donors (Lipinski definition) is 1. The van der Waals surface area contributed by atoms with E-state index in [-0.39, 0.29) is 29.1 Å². The Labute approximate surface area is 106 Å². The van der Waals surface area contributed by atoms with Gasteiger partial charge < -0.3 is 5.73 Å². The maximum absolute atomic E-state index is 13.1. The zero-order chi connectivity index (χ0) is 12.5. The van der Waals surface area contributed by atoms with Crippen LogP contribution in [0.3, 0.4) is 0 Å². The van der Waals surface area contributed by atoms with E-state index in [0.29, 0.717) is 0 Å². The molecule has 0 aliphatic heterocycles. The van der Waals surface area contributed by atoms with E-state index in [2.05, 4.69) is 0 Å². The van der Waals surface area contributed by atoms with Gasteiger partial charge in [-0.1, -0.05) is 20.8 Å². The molecule has 17 heavy (non-hydrogen) atoms. The lowest BCUT2D eigenvalue weighted by Gasteiger charge is -2.27. The van der Waals surface area contributed by atoms with Gasteiger partial charge in [0.2, 0.25) is 0 Å². The third-order valence-corrected chi connectivity index (χ3v) is 2.45. The van der Waals surface area contributed by atoms with E-state index in [4.69, 9.17) is 5.73 Å². The highest BCUT2D eigenvalue weighted by Gasteiger charge is 2.28. The van der Waals surface area contributed by atoms with Crippen LogP contribution in [0.5, 0.6) is 0 Å². The lowest BCUT2D eigenvalue weighted by atomic mass is 9.82. The van der Waals surface area contributed by atoms with E-state index < -0.39 is 16.8 Å². The highest BCUT2D eigenvalue weighted by atomic mass is 35.5. The number of rotatable bonds is 2. The molecule has 0 heterocycles. The molecule has 0 unspecified atom stereocenters. The predicted molar refractivity (Wildman–Crippen MR) is 66.7 cm³/mol. The molecule has 1 rings (SSSR count). The van der Waals surface area contributed by atoms with E-state index in [9.17, 15) is 14.5 Å². The van der Waals surface area contributed by atoms with Gasteiger partial charge in [-0.2, -0.15) is 0 Å². The lowest BCUT2D eigenvalue weighted by molar-refractivity contribution is -0.385. The van der Waals surface area contributed by atoms with Crippen molar-refractivity contribution in [3.8, 4) is 0 Å². The van der Waals surface area contributed by atoms with Crippen LogP contribution >= 0.6 is 12.4 Å². The molecule has 0 radical (unpaired) electrons. The quantitative estimate of drug-likeness (QED) is 0.657. The summed E-state index contributed by atoms with van der Waals surface area (Å²) in [6.07, 6.45) is 0. The second-order valence-electron chi connectivity index (χ2n) is 4.80. The van der Waals surface area contributed by atoms with Crippen LogP contribution in [0.15, 0.2) is 18.2 Å². The van der Waals surface area contributed by atoms with Gasteiger partial charge in [0.1, 0.15) is 5.82 Å². The van der Waals surface area contributed by atoms with Crippen molar-refractivity contribution < 1.29 is 9.31 Å². The molecule has 0 aromatic heterocycles. The van der Waals surface area contributed by atoms with Gasteiger partial charge in [0, 0.05) is 17.7 Å². The summed E-state index contributed by atoms with van der Waals surface area (Å²) in [5, 5.41) is 10.8. The normalized spacial score (nSPS) is 12.8. The molecule has 0 aliphatic rings. The van der Waals surface area contributed by atoms with Crippen LogP contribution in [-0.2, 0) is 0 Å². The molecule has 0 saturated heterocycles. The molecule has 0 bridgehead atoms. The summed E-state index contributed by atoms with van der Waals surface area (Å²) in [5.74, 6) is -0.514. The zero-order valence-electron chi connectivity index (χ0n) is 9.94. The van der Waals surface area contributed by atoms with E-state index >= 15 is 0 Å². The zero-order valence-corrected chi connectivity index (χ0v) is 10.8. The van der Waals surface area contributed by atoms with Crippen molar-refractivity contribution in [3.05, 3.63) is 39.7 Å². The SMILES string of the molecule is CC(C)(C)[C@@H](N)c1cc(F)ccc1[N+](=O)[O-].Cl.